The Bertz CT molecular complexity index is 832. The first-order valence-corrected chi connectivity index (χ1v) is 9.92. The molecule has 154 valence electrons. The average molecular weight is 401 g/mol. The first kappa shape index (κ1) is 19.4. The molecular weight excluding hydrogens is 378 g/mol. The van der Waals surface area contributed by atoms with Gasteiger partial charge in [-0.25, -0.2) is 4.79 Å². The largest absolute Gasteiger partial charge is 0.462 e. The van der Waals surface area contributed by atoms with Crippen molar-refractivity contribution in [3.05, 3.63) is 29.8 Å². The van der Waals surface area contributed by atoms with Crippen LogP contribution in [0.4, 0.5) is 5.69 Å². The molecule has 0 radical (unpaired) electrons. The van der Waals surface area contributed by atoms with Crippen LogP contribution in [0.1, 0.15) is 36.5 Å². The minimum absolute atomic E-state index is 0.0490. The fraction of sp³-hybridized carbons (Fsp3) is 0.524. The maximum Gasteiger partial charge on any atom is 0.338 e. The van der Waals surface area contributed by atoms with E-state index in [0.29, 0.717) is 24.3 Å². The highest BCUT2D eigenvalue weighted by molar-refractivity contribution is 5.95. The van der Waals surface area contributed by atoms with Gasteiger partial charge in [0.1, 0.15) is 6.10 Å². The third-order valence-electron chi connectivity index (χ3n) is 5.94. The van der Waals surface area contributed by atoms with Crippen molar-refractivity contribution in [1.29, 1.82) is 0 Å². The smallest absolute Gasteiger partial charge is 0.338 e. The van der Waals surface area contributed by atoms with Gasteiger partial charge >= 0.3 is 17.9 Å². The van der Waals surface area contributed by atoms with Gasteiger partial charge in [-0.15, -0.1) is 0 Å². The highest BCUT2D eigenvalue weighted by Crippen LogP contribution is 2.57. The topological polar surface area (TPSA) is 108 Å². The van der Waals surface area contributed by atoms with Crippen LogP contribution in [0.25, 0.3) is 0 Å². The Morgan fingerprint density at radius 2 is 1.90 bits per heavy atom. The van der Waals surface area contributed by atoms with E-state index in [1.165, 1.54) is 0 Å². The summed E-state index contributed by atoms with van der Waals surface area (Å²) in [5, 5.41) is 2.61. The number of fused-ring (bicyclic) bond motifs is 1. The van der Waals surface area contributed by atoms with E-state index < -0.39 is 36.3 Å². The van der Waals surface area contributed by atoms with Gasteiger partial charge in [0.05, 0.1) is 24.0 Å². The number of rotatable bonds is 7. The number of esters is 3. The Labute approximate surface area is 167 Å². The molecule has 8 heteroatoms. The SMILES string of the molecule is CCCOC(=O)c1ccc(NC(=O)COC(=O)[C@@H]2[C@@H]3C[C@@H]4[C@H]2C(=O)O[C@@H]4C3)cc1. The van der Waals surface area contributed by atoms with E-state index in [1.54, 1.807) is 24.3 Å². The van der Waals surface area contributed by atoms with Crippen molar-refractivity contribution in [3.8, 4) is 0 Å². The number of anilines is 1. The number of carbonyl (C=O) groups excluding carboxylic acids is 4. The first-order chi connectivity index (χ1) is 14.0. The minimum Gasteiger partial charge on any atom is -0.462 e. The quantitative estimate of drug-likeness (QED) is 0.549. The lowest BCUT2D eigenvalue weighted by Crippen LogP contribution is -2.34. The van der Waals surface area contributed by atoms with Crippen LogP contribution in [0.2, 0.25) is 0 Å². The van der Waals surface area contributed by atoms with E-state index in [-0.39, 0.29) is 23.9 Å². The second kappa shape index (κ2) is 7.85. The Kier molecular flexibility index (Phi) is 5.25. The molecule has 1 aliphatic heterocycles. The number of benzene rings is 1. The maximum atomic E-state index is 12.5. The molecule has 2 aliphatic carbocycles. The lowest BCUT2D eigenvalue weighted by molar-refractivity contribution is -0.157. The van der Waals surface area contributed by atoms with Crippen molar-refractivity contribution in [2.24, 2.45) is 23.7 Å². The molecule has 3 aliphatic rings. The van der Waals surface area contributed by atoms with E-state index in [1.807, 2.05) is 6.92 Å². The summed E-state index contributed by atoms with van der Waals surface area (Å²) in [5.41, 5.74) is 0.862. The third-order valence-corrected chi connectivity index (χ3v) is 5.94. The molecule has 1 saturated heterocycles. The van der Waals surface area contributed by atoms with E-state index in [2.05, 4.69) is 5.32 Å². The monoisotopic (exact) mass is 401 g/mol. The van der Waals surface area contributed by atoms with Crippen LogP contribution in [0.3, 0.4) is 0 Å². The van der Waals surface area contributed by atoms with Crippen LogP contribution in [0.5, 0.6) is 0 Å². The second-order valence-electron chi connectivity index (χ2n) is 7.79. The molecule has 1 aromatic carbocycles. The van der Waals surface area contributed by atoms with Crippen LogP contribution in [-0.2, 0) is 28.6 Å². The summed E-state index contributed by atoms with van der Waals surface area (Å²) in [7, 11) is 0. The summed E-state index contributed by atoms with van der Waals surface area (Å²) in [6.45, 7) is 1.83. The van der Waals surface area contributed by atoms with Crippen molar-refractivity contribution in [2.45, 2.75) is 32.3 Å². The predicted molar refractivity (Wildman–Crippen MR) is 99.7 cm³/mol. The molecule has 5 atom stereocenters. The lowest BCUT2D eigenvalue weighted by atomic mass is 9.80. The van der Waals surface area contributed by atoms with Crippen molar-refractivity contribution in [1.82, 2.24) is 0 Å². The summed E-state index contributed by atoms with van der Waals surface area (Å²) < 4.78 is 15.5. The van der Waals surface area contributed by atoms with Crippen LogP contribution < -0.4 is 5.32 Å². The van der Waals surface area contributed by atoms with Gasteiger partial charge in [0.2, 0.25) is 0 Å². The fourth-order valence-corrected chi connectivity index (χ4v) is 4.72. The molecule has 2 bridgehead atoms. The molecule has 1 aromatic rings. The number of amides is 1. The van der Waals surface area contributed by atoms with Gasteiger partial charge in [-0.3, -0.25) is 14.4 Å². The van der Waals surface area contributed by atoms with Crippen LogP contribution in [-0.4, -0.2) is 43.1 Å². The molecule has 0 unspecified atom stereocenters. The molecule has 2 saturated carbocycles. The zero-order chi connectivity index (χ0) is 20.5. The van der Waals surface area contributed by atoms with Crippen molar-refractivity contribution in [2.75, 3.05) is 18.5 Å². The molecule has 29 heavy (non-hydrogen) atoms. The first-order valence-electron chi connectivity index (χ1n) is 9.92. The van der Waals surface area contributed by atoms with Gasteiger partial charge in [0, 0.05) is 11.6 Å². The number of ether oxygens (including phenoxy) is 3. The highest BCUT2D eigenvalue weighted by Gasteiger charge is 2.64. The lowest BCUT2D eigenvalue weighted by Gasteiger charge is -2.22. The third kappa shape index (κ3) is 3.71. The number of hydrogen-bond acceptors (Lipinski definition) is 7. The average Bonchev–Trinajstić information content (AvgIpc) is 3.33. The molecule has 1 amide bonds. The Balaban J connectivity index is 1.27. The Morgan fingerprint density at radius 1 is 1.14 bits per heavy atom. The zero-order valence-corrected chi connectivity index (χ0v) is 16.1. The molecular formula is C21H23NO7. The molecule has 4 rings (SSSR count). The van der Waals surface area contributed by atoms with E-state index >= 15 is 0 Å². The Hall–Kier alpha value is -2.90. The van der Waals surface area contributed by atoms with Gasteiger partial charge in [-0.05, 0) is 49.4 Å². The molecule has 1 heterocycles. The number of carbonyl (C=O) groups is 4. The highest BCUT2D eigenvalue weighted by atomic mass is 16.6. The van der Waals surface area contributed by atoms with Crippen molar-refractivity contribution in [3.63, 3.8) is 0 Å². The van der Waals surface area contributed by atoms with Gasteiger partial charge in [0.25, 0.3) is 5.91 Å². The number of hydrogen-bond donors (Lipinski definition) is 1. The van der Waals surface area contributed by atoms with E-state index in [4.69, 9.17) is 14.2 Å². The predicted octanol–water partition coefficient (Wildman–Crippen LogP) is 1.93. The standard InChI is InChI=1S/C21H23NO7/c1-2-7-27-19(24)11-3-5-13(6-4-11)22-16(23)10-28-20(25)17-12-8-14-15(9-12)29-21(26)18(14)17/h3-6,12,14-15,17-18H,2,7-10H2,1H3,(H,22,23)/t12-,14+,15-,17-,18-/m1/s1. The maximum absolute atomic E-state index is 12.5. The summed E-state index contributed by atoms with van der Waals surface area (Å²) in [5.74, 6) is -2.46. The van der Waals surface area contributed by atoms with E-state index in [9.17, 15) is 19.2 Å². The Morgan fingerprint density at radius 3 is 2.62 bits per heavy atom. The summed E-state index contributed by atoms with van der Waals surface area (Å²) in [6, 6.07) is 6.26. The fourth-order valence-electron chi connectivity index (χ4n) is 4.72. The van der Waals surface area contributed by atoms with Gasteiger partial charge in [0.15, 0.2) is 6.61 Å². The summed E-state index contributed by atoms with van der Waals surface area (Å²) in [6.07, 6.45) is 2.20. The van der Waals surface area contributed by atoms with Gasteiger partial charge in [-0.1, -0.05) is 6.92 Å². The number of nitrogens with one attached hydrogen (secondary N) is 1. The normalized spacial score (nSPS) is 28.7. The molecule has 8 nitrogen and oxygen atoms in total. The van der Waals surface area contributed by atoms with Crippen molar-refractivity contribution < 1.29 is 33.4 Å². The molecule has 1 N–H and O–H groups in total. The zero-order valence-electron chi connectivity index (χ0n) is 16.1. The molecule has 0 aromatic heterocycles. The van der Waals surface area contributed by atoms with Crippen molar-refractivity contribution >= 4 is 29.5 Å². The van der Waals surface area contributed by atoms with Crippen LogP contribution in [0, 0.1) is 23.7 Å². The van der Waals surface area contributed by atoms with Crippen LogP contribution >= 0.6 is 0 Å². The van der Waals surface area contributed by atoms with Crippen LogP contribution in [0.15, 0.2) is 24.3 Å². The summed E-state index contributed by atoms with van der Waals surface area (Å²) >= 11 is 0. The van der Waals surface area contributed by atoms with Gasteiger partial charge in [-0.2, -0.15) is 0 Å². The molecule has 0 spiro atoms. The van der Waals surface area contributed by atoms with Gasteiger partial charge < -0.3 is 19.5 Å². The van der Waals surface area contributed by atoms with E-state index in [0.717, 1.165) is 12.8 Å². The second-order valence-corrected chi connectivity index (χ2v) is 7.79. The minimum atomic E-state index is -0.510. The molecule has 3 fully saturated rings. The summed E-state index contributed by atoms with van der Waals surface area (Å²) in [4.78, 5) is 48.3.